The molecule has 374 valence electrons. The molecule has 1 fully saturated rings. The van der Waals surface area contributed by atoms with Crippen LogP contribution in [0.3, 0.4) is 0 Å². The van der Waals surface area contributed by atoms with Crippen molar-refractivity contribution in [1.82, 2.24) is 47.4 Å². The number of hydrogen-bond acceptors (Lipinski definition) is 14. The van der Waals surface area contributed by atoms with Crippen molar-refractivity contribution < 1.29 is 67.4 Å². The maximum Gasteiger partial charge on any atom is 0.245 e. The fraction of sp³-hybridized carbons (Fsp3) is 0.537. The van der Waals surface area contributed by atoms with E-state index in [4.69, 9.17) is 22.9 Å². The molecule has 27 nitrogen and oxygen atoms in total. The molecule has 0 bridgehead atoms. The lowest BCUT2D eigenvalue weighted by Gasteiger charge is -2.29. The van der Waals surface area contributed by atoms with Crippen LogP contribution < -0.4 is 65.5 Å². The third kappa shape index (κ3) is 20.1. The number of nitrogens with one attached hydrogen (secondary N) is 8. The summed E-state index contributed by atoms with van der Waals surface area (Å²) in [6.07, 6.45) is -3.51. The second-order valence-corrected chi connectivity index (χ2v) is 16.0. The van der Waals surface area contributed by atoms with Gasteiger partial charge >= 0.3 is 0 Å². The lowest BCUT2D eigenvalue weighted by Crippen LogP contribution is -2.61. The number of likely N-dealkylation sites (N-methyl/N-ethyl adjacent to an activating group) is 1. The van der Waals surface area contributed by atoms with Crippen LogP contribution in [-0.2, 0) is 68.7 Å². The Hall–Kier alpha value is -7.87. The van der Waals surface area contributed by atoms with E-state index < -0.39 is 171 Å². The van der Waals surface area contributed by atoms with Gasteiger partial charge in [0, 0.05) is 32.7 Å². The highest BCUT2D eigenvalue weighted by molar-refractivity contribution is 5.99. The number of phenols is 1. The number of benzene rings is 1. The van der Waals surface area contributed by atoms with Gasteiger partial charge in [-0.05, 0) is 42.9 Å². The van der Waals surface area contributed by atoms with Gasteiger partial charge in [-0.1, -0.05) is 32.4 Å². The van der Waals surface area contributed by atoms with Gasteiger partial charge in [0.1, 0.15) is 42.0 Å². The van der Waals surface area contributed by atoms with Crippen LogP contribution in [-0.4, -0.2) is 150 Å². The second kappa shape index (κ2) is 27.6. The fourth-order valence-electron chi connectivity index (χ4n) is 6.50. The summed E-state index contributed by atoms with van der Waals surface area (Å²) in [7, 11) is 1.10. The summed E-state index contributed by atoms with van der Waals surface area (Å²) in [5.74, 6) is -13.3. The Morgan fingerprint density at radius 3 is 1.94 bits per heavy atom. The van der Waals surface area contributed by atoms with Crippen LogP contribution >= 0.6 is 0 Å². The van der Waals surface area contributed by atoms with E-state index in [-0.39, 0.29) is 25.0 Å². The lowest BCUT2D eigenvalue weighted by atomic mass is 9.96. The highest BCUT2D eigenvalue weighted by Gasteiger charge is 2.36. The van der Waals surface area contributed by atoms with Gasteiger partial charge in [-0.2, -0.15) is 0 Å². The topological polar surface area (TPSA) is 446 Å². The van der Waals surface area contributed by atoms with Crippen molar-refractivity contribution in [3.8, 4) is 5.75 Å². The van der Waals surface area contributed by atoms with Crippen LogP contribution in [0.2, 0.25) is 0 Å². The normalized spacial score (nSPS) is 20.8. The Kier molecular flexibility index (Phi) is 22.8. The van der Waals surface area contributed by atoms with Crippen molar-refractivity contribution in [1.29, 1.82) is 0 Å². The van der Waals surface area contributed by atoms with Gasteiger partial charge in [0.15, 0.2) is 0 Å². The second-order valence-electron chi connectivity index (χ2n) is 16.0. The molecule has 1 aliphatic rings. The van der Waals surface area contributed by atoms with Crippen LogP contribution in [0.1, 0.15) is 70.8 Å². The third-order valence-electron chi connectivity index (χ3n) is 10.4. The molecule has 0 aliphatic carbocycles. The summed E-state index contributed by atoms with van der Waals surface area (Å²) >= 11 is 0. The number of aromatic hydroxyl groups is 1. The van der Waals surface area contributed by atoms with Crippen LogP contribution in [0.5, 0.6) is 5.75 Å². The van der Waals surface area contributed by atoms with Crippen LogP contribution in [0.25, 0.3) is 0 Å². The highest BCUT2D eigenvalue weighted by Crippen LogP contribution is 2.14. The van der Waals surface area contributed by atoms with E-state index in [0.717, 1.165) is 11.9 Å². The molecule has 17 N–H and O–H groups in total. The van der Waals surface area contributed by atoms with Gasteiger partial charge in [-0.25, -0.2) is 0 Å². The number of nitrogens with two attached hydrogens (primary N) is 4. The Bertz CT molecular complexity index is 2070. The van der Waals surface area contributed by atoms with Gasteiger partial charge in [-0.15, -0.1) is 0 Å². The molecule has 2 rings (SSSR count). The van der Waals surface area contributed by atoms with E-state index >= 15 is 0 Å². The zero-order chi connectivity index (χ0) is 51.2. The average Bonchev–Trinajstić information content (AvgIpc) is 3.26. The van der Waals surface area contributed by atoms with Crippen molar-refractivity contribution in [2.75, 3.05) is 26.7 Å². The molecule has 1 aromatic carbocycles. The summed E-state index contributed by atoms with van der Waals surface area (Å²) < 4.78 is 0. The highest BCUT2D eigenvalue weighted by atomic mass is 16.3. The summed E-state index contributed by atoms with van der Waals surface area (Å²) in [4.78, 5) is 169. The number of primary amides is 4. The summed E-state index contributed by atoms with van der Waals surface area (Å²) in [6, 6.07) is -3.77. The Labute approximate surface area is 390 Å². The first kappa shape index (κ1) is 56.3. The van der Waals surface area contributed by atoms with Crippen LogP contribution in [0.15, 0.2) is 24.3 Å². The lowest BCUT2D eigenvalue weighted by molar-refractivity contribution is -0.140. The smallest absolute Gasteiger partial charge is 0.245 e. The molecule has 27 heteroatoms. The molecule has 13 amide bonds. The van der Waals surface area contributed by atoms with Crippen molar-refractivity contribution in [2.24, 2.45) is 28.9 Å². The SMILES string of the molecule is CCC(C)C1NC(=O)[C@H](Cc2ccc(O)cc2)NC(=O)CNC(=O)CC[C@@H](C(=O)N(C)CC(=O)N[C@@H](CCC(N)=O)C(=O)NCC(N)=O)NC(=O)[C@H](CC(N)=O)NC(=O)[C@H](CCC(N)=O)NC1=O. The molecule has 1 saturated heterocycles. The molecule has 68 heavy (non-hydrogen) atoms. The number of amides is 13. The zero-order valence-corrected chi connectivity index (χ0v) is 37.8. The maximum atomic E-state index is 14.0. The predicted octanol–water partition coefficient (Wildman–Crippen LogP) is -6.73. The molecule has 1 heterocycles. The third-order valence-corrected chi connectivity index (χ3v) is 10.4. The Morgan fingerprint density at radius 2 is 1.35 bits per heavy atom. The number of nitrogens with zero attached hydrogens (tertiary/aromatic N) is 1. The monoisotopic (exact) mass is 959 g/mol. The van der Waals surface area contributed by atoms with Crippen molar-refractivity contribution >= 4 is 76.8 Å². The number of carbonyl (C=O) groups is 13. The van der Waals surface area contributed by atoms with Gasteiger partial charge < -0.3 is 75.5 Å². The molecule has 0 aromatic heterocycles. The molecule has 7 atom stereocenters. The minimum atomic E-state index is -1.87. The van der Waals surface area contributed by atoms with Crippen LogP contribution in [0, 0.1) is 5.92 Å². The summed E-state index contributed by atoms with van der Waals surface area (Å²) in [5, 5.41) is 28.8. The van der Waals surface area contributed by atoms with E-state index in [0.29, 0.717) is 12.0 Å². The number of phenolic OH excluding ortho intramolecular Hbond substituents is 1. The molecule has 0 spiro atoms. The van der Waals surface area contributed by atoms with Gasteiger partial charge in [0.05, 0.1) is 26.1 Å². The van der Waals surface area contributed by atoms with E-state index in [1.807, 2.05) is 0 Å². The summed E-state index contributed by atoms with van der Waals surface area (Å²) in [5.41, 5.74) is 21.5. The van der Waals surface area contributed by atoms with Gasteiger partial charge in [0.25, 0.3) is 0 Å². The molecule has 1 aliphatic heterocycles. The average molecular weight is 960 g/mol. The van der Waals surface area contributed by atoms with Crippen molar-refractivity contribution in [3.63, 3.8) is 0 Å². The molecule has 1 aromatic rings. The molecule has 0 saturated carbocycles. The van der Waals surface area contributed by atoms with Crippen molar-refractivity contribution in [2.45, 2.75) is 108 Å². The minimum Gasteiger partial charge on any atom is -0.508 e. The summed E-state index contributed by atoms with van der Waals surface area (Å²) in [6.45, 7) is 1.17. The van der Waals surface area contributed by atoms with Gasteiger partial charge in [0.2, 0.25) is 76.8 Å². The maximum absolute atomic E-state index is 14.0. The van der Waals surface area contributed by atoms with Crippen LogP contribution in [0.4, 0.5) is 0 Å². The van der Waals surface area contributed by atoms with E-state index in [1.54, 1.807) is 13.8 Å². The first-order valence-electron chi connectivity index (χ1n) is 21.4. The predicted molar refractivity (Wildman–Crippen MR) is 236 cm³/mol. The van der Waals surface area contributed by atoms with Crippen molar-refractivity contribution in [3.05, 3.63) is 29.8 Å². The Balaban J connectivity index is 2.59. The van der Waals surface area contributed by atoms with Gasteiger partial charge in [-0.3, -0.25) is 62.3 Å². The number of carbonyl (C=O) groups excluding carboxylic acids is 13. The molecular weight excluding hydrogens is 899 g/mol. The van der Waals surface area contributed by atoms with E-state index in [1.165, 1.54) is 24.3 Å². The minimum absolute atomic E-state index is 0.0846. The molecular formula is C41H61N13O14. The standard InChI is InChI=1S/C41H61N13O14/c1-4-20(2)35-40(67)50-24(10-13-29(43)57)37(64)52-27(16-30(44)58)38(65)51-25(41(68)54(3)19-34(62)48-23(9-12-28(42)56)36(63)47-17-31(45)59)11-14-32(60)46-18-33(61)49-26(39(66)53-35)15-21-5-7-22(55)8-6-21/h5-8,20,23-27,35,55H,4,9-19H2,1-3H3,(H2,42,56)(H2,43,57)(H2,44,58)(H2,45,59)(H,46,60)(H,47,63)(H,48,62)(H,49,61)(H,50,67)(H,51,65)(H,52,64)(H,53,66)/t20?,23-,24-,25-,26-,27-,35?/m0/s1. The Morgan fingerprint density at radius 1 is 0.750 bits per heavy atom. The van der Waals surface area contributed by atoms with E-state index in [9.17, 15) is 67.4 Å². The largest absolute Gasteiger partial charge is 0.508 e. The molecule has 2 unspecified atom stereocenters. The first-order chi connectivity index (χ1) is 31.9. The zero-order valence-electron chi connectivity index (χ0n) is 37.8. The molecule has 0 radical (unpaired) electrons. The number of rotatable bonds is 19. The van der Waals surface area contributed by atoms with E-state index in [2.05, 4.69) is 42.5 Å². The fourth-order valence-corrected chi connectivity index (χ4v) is 6.50. The first-order valence-corrected chi connectivity index (χ1v) is 21.4. The quantitative estimate of drug-likeness (QED) is 0.0614. The number of hydrogen-bond donors (Lipinski definition) is 13.